The number of hydrogen-bond acceptors (Lipinski definition) is 7. The van der Waals surface area contributed by atoms with Crippen LogP contribution in [0.5, 0.6) is 5.75 Å². The lowest BCUT2D eigenvalue weighted by Crippen LogP contribution is -2.48. The van der Waals surface area contributed by atoms with E-state index in [0.717, 1.165) is 0 Å². The van der Waals surface area contributed by atoms with Crippen LogP contribution in [-0.4, -0.2) is 49.1 Å². The summed E-state index contributed by atoms with van der Waals surface area (Å²) in [6, 6.07) is 4.55. The van der Waals surface area contributed by atoms with Crippen LogP contribution in [0.1, 0.15) is 18.9 Å². The van der Waals surface area contributed by atoms with Gasteiger partial charge in [0.2, 0.25) is 0 Å². The molecule has 1 amide bonds. The van der Waals surface area contributed by atoms with Crippen molar-refractivity contribution in [1.29, 1.82) is 0 Å². The first-order chi connectivity index (χ1) is 12.2. The highest BCUT2D eigenvalue weighted by atomic mass is 32.2. The summed E-state index contributed by atoms with van der Waals surface area (Å²) in [5.41, 5.74) is 0.200. The maximum Gasteiger partial charge on any atom is 0.310 e. The number of amides is 1. The maximum absolute atomic E-state index is 12.0. The molecule has 2 heterocycles. The molecule has 1 aromatic heterocycles. The Morgan fingerprint density at radius 2 is 2.15 bits per heavy atom. The van der Waals surface area contributed by atoms with Crippen molar-refractivity contribution in [2.24, 2.45) is 0 Å². The van der Waals surface area contributed by atoms with Crippen molar-refractivity contribution < 1.29 is 32.3 Å². The number of nitrogens with one attached hydrogen (secondary N) is 1. The largest absolute Gasteiger partial charge is 0.508 e. The number of aromatic hydroxyl groups is 1. The normalized spacial score (nSPS) is 21.6. The Balaban J connectivity index is 1.53. The van der Waals surface area contributed by atoms with Crippen LogP contribution in [0.4, 0.5) is 0 Å². The van der Waals surface area contributed by atoms with Crippen molar-refractivity contribution in [2.75, 3.05) is 18.1 Å². The number of phenolic OH excluding ortho intramolecular Hbond substituents is 1. The lowest BCUT2D eigenvalue weighted by molar-refractivity contribution is -0.148. The molecule has 140 valence electrons. The first kappa shape index (κ1) is 18.2. The van der Waals surface area contributed by atoms with Gasteiger partial charge in [0.1, 0.15) is 11.3 Å². The van der Waals surface area contributed by atoms with Gasteiger partial charge in [-0.2, -0.15) is 0 Å². The van der Waals surface area contributed by atoms with Crippen molar-refractivity contribution in [2.45, 2.75) is 25.3 Å². The maximum atomic E-state index is 12.0. The number of carbonyl (C=O) groups excluding carboxylic acids is 2. The van der Waals surface area contributed by atoms with Crippen molar-refractivity contribution in [1.82, 2.24) is 5.32 Å². The average Bonchev–Trinajstić information content (AvgIpc) is 3.05. The highest BCUT2D eigenvalue weighted by Gasteiger charge is 2.39. The Bertz CT molecular complexity index is 963. The molecule has 8 nitrogen and oxygen atoms in total. The molecule has 0 bridgehead atoms. The molecule has 9 heteroatoms. The molecule has 0 unspecified atom stereocenters. The predicted octanol–water partition coefficient (Wildman–Crippen LogP) is 0.917. The van der Waals surface area contributed by atoms with E-state index in [1.54, 1.807) is 13.0 Å². The molecule has 1 aromatic carbocycles. The second kappa shape index (κ2) is 6.64. The number of sulfone groups is 1. The van der Waals surface area contributed by atoms with E-state index in [0.29, 0.717) is 23.0 Å². The molecule has 1 atom stereocenters. The molecule has 26 heavy (non-hydrogen) atoms. The minimum absolute atomic E-state index is 0.0344. The third-order valence-electron chi connectivity index (χ3n) is 4.28. The smallest absolute Gasteiger partial charge is 0.310 e. The molecule has 2 aromatic rings. The van der Waals surface area contributed by atoms with Crippen molar-refractivity contribution in [3.8, 4) is 5.75 Å². The first-order valence-corrected chi connectivity index (χ1v) is 9.84. The molecule has 1 fully saturated rings. The van der Waals surface area contributed by atoms with Crippen LogP contribution in [0.2, 0.25) is 0 Å². The van der Waals surface area contributed by atoms with Crippen LogP contribution in [0.3, 0.4) is 0 Å². The van der Waals surface area contributed by atoms with E-state index in [4.69, 9.17) is 9.15 Å². The zero-order valence-corrected chi connectivity index (χ0v) is 15.0. The number of hydrogen-bond donors (Lipinski definition) is 2. The summed E-state index contributed by atoms with van der Waals surface area (Å²) in [5.74, 6) is -1.18. The molecule has 0 radical (unpaired) electrons. The lowest BCUT2D eigenvalue weighted by atomic mass is 10.0. The number of benzene rings is 1. The Morgan fingerprint density at radius 3 is 2.85 bits per heavy atom. The number of furan rings is 1. The van der Waals surface area contributed by atoms with Gasteiger partial charge in [-0.15, -0.1) is 0 Å². The highest BCUT2D eigenvalue weighted by Crippen LogP contribution is 2.25. The number of rotatable bonds is 5. The molecule has 0 spiro atoms. The van der Waals surface area contributed by atoms with Gasteiger partial charge in [0, 0.05) is 17.0 Å². The van der Waals surface area contributed by atoms with E-state index in [1.165, 1.54) is 18.4 Å². The standard InChI is InChI=1S/C17H19NO7S/c1-17(4-5-26(22,23)10-17)18-15(20)9-25-16(21)6-11-8-24-14-7-12(19)2-3-13(11)14/h2-3,7-8,19H,4-6,9-10H2,1H3,(H,18,20)/t17-/m1/s1. The SMILES string of the molecule is C[C@@]1(NC(=O)COC(=O)Cc2coc3cc(O)ccc23)CCS(=O)(=O)C1. The number of phenols is 1. The van der Waals surface area contributed by atoms with Crippen molar-refractivity contribution in [3.05, 3.63) is 30.0 Å². The Morgan fingerprint density at radius 1 is 1.38 bits per heavy atom. The van der Waals surface area contributed by atoms with E-state index in [2.05, 4.69) is 5.32 Å². The monoisotopic (exact) mass is 381 g/mol. The van der Waals surface area contributed by atoms with Gasteiger partial charge in [0.15, 0.2) is 16.4 Å². The van der Waals surface area contributed by atoms with Crippen LogP contribution < -0.4 is 5.32 Å². The average molecular weight is 381 g/mol. The van der Waals surface area contributed by atoms with Crippen molar-refractivity contribution in [3.63, 3.8) is 0 Å². The number of esters is 1. The molecule has 3 rings (SSSR count). The summed E-state index contributed by atoms with van der Waals surface area (Å²) in [6.45, 7) is 1.18. The zero-order valence-electron chi connectivity index (χ0n) is 14.1. The predicted molar refractivity (Wildman–Crippen MR) is 92.4 cm³/mol. The molecule has 1 saturated heterocycles. The topological polar surface area (TPSA) is 123 Å². The summed E-state index contributed by atoms with van der Waals surface area (Å²) in [5, 5.41) is 12.7. The third-order valence-corrected chi connectivity index (χ3v) is 6.19. The Kier molecular flexibility index (Phi) is 4.66. The van der Waals surface area contributed by atoms with Crippen LogP contribution in [-0.2, 0) is 30.6 Å². The molecule has 0 saturated carbocycles. The summed E-state index contributed by atoms with van der Waals surface area (Å²) in [4.78, 5) is 23.9. The minimum atomic E-state index is -3.14. The molecule has 1 aliphatic rings. The van der Waals surface area contributed by atoms with Crippen LogP contribution >= 0.6 is 0 Å². The fourth-order valence-corrected chi connectivity index (χ4v) is 5.14. The van der Waals surface area contributed by atoms with E-state index in [9.17, 15) is 23.1 Å². The van der Waals surface area contributed by atoms with E-state index in [1.807, 2.05) is 0 Å². The minimum Gasteiger partial charge on any atom is -0.508 e. The quantitative estimate of drug-likeness (QED) is 0.738. The lowest BCUT2D eigenvalue weighted by Gasteiger charge is -2.23. The van der Waals surface area contributed by atoms with E-state index in [-0.39, 0.29) is 23.7 Å². The molecular weight excluding hydrogens is 362 g/mol. The van der Waals surface area contributed by atoms with Gasteiger partial charge in [-0.1, -0.05) is 0 Å². The summed E-state index contributed by atoms with van der Waals surface area (Å²) >= 11 is 0. The van der Waals surface area contributed by atoms with E-state index < -0.39 is 33.9 Å². The second-order valence-electron chi connectivity index (χ2n) is 6.73. The van der Waals surface area contributed by atoms with Gasteiger partial charge in [-0.05, 0) is 25.5 Å². The van der Waals surface area contributed by atoms with Gasteiger partial charge < -0.3 is 19.6 Å². The van der Waals surface area contributed by atoms with Crippen molar-refractivity contribution >= 4 is 32.7 Å². The highest BCUT2D eigenvalue weighted by molar-refractivity contribution is 7.91. The summed E-state index contributed by atoms with van der Waals surface area (Å²) < 4.78 is 33.3. The fourth-order valence-electron chi connectivity index (χ4n) is 3.04. The summed E-state index contributed by atoms with van der Waals surface area (Å²) in [6.07, 6.45) is 1.65. The van der Waals surface area contributed by atoms with Crippen LogP contribution in [0.25, 0.3) is 11.0 Å². The number of carbonyl (C=O) groups is 2. The first-order valence-electron chi connectivity index (χ1n) is 8.02. The Labute approximate surface area is 150 Å². The van der Waals surface area contributed by atoms with Gasteiger partial charge >= 0.3 is 5.97 Å². The second-order valence-corrected chi connectivity index (χ2v) is 8.91. The van der Waals surface area contributed by atoms with E-state index >= 15 is 0 Å². The molecule has 2 N–H and O–H groups in total. The van der Waals surface area contributed by atoms with Gasteiger partial charge in [0.25, 0.3) is 5.91 Å². The molecular formula is C17H19NO7S. The molecule has 0 aliphatic carbocycles. The zero-order chi connectivity index (χ0) is 18.9. The van der Waals surface area contributed by atoms with Gasteiger partial charge in [-0.3, -0.25) is 9.59 Å². The molecule has 1 aliphatic heterocycles. The van der Waals surface area contributed by atoms with Gasteiger partial charge in [0.05, 0.1) is 29.7 Å². The third kappa shape index (κ3) is 4.16. The Hall–Kier alpha value is -2.55. The van der Waals surface area contributed by atoms with Crippen LogP contribution in [0, 0.1) is 0 Å². The summed E-state index contributed by atoms with van der Waals surface area (Å²) in [7, 11) is -3.14. The fraction of sp³-hybridized carbons (Fsp3) is 0.412. The number of fused-ring (bicyclic) bond motifs is 1. The van der Waals surface area contributed by atoms with Crippen LogP contribution in [0.15, 0.2) is 28.9 Å². The number of ether oxygens (including phenoxy) is 1. The van der Waals surface area contributed by atoms with Gasteiger partial charge in [-0.25, -0.2) is 8.42 Å².